The van der Waals surface area contributed by atoms with E-state index in [9.17, 15) is 9.18 Å². The first-order valence-electron chi connectivity index (χ1n) is 8.36. The van der Waals surface area contributed by atoms with E-state index in [1.165, 1.54) is 0 Å². The van der Waals surface area contributed by atoms with Crippen molar-refractivity contribution >= 4 is 5.91 Å². The number of carbonyl (C=O) groups is 1. The Morgan fingerprint density at radius 1 is 1.12 bits per heavy atom. The van der Waals surface area contributed by atoms with Gasteiger partial charge in [-0.3, -0.25) is 4.79 Å². The minimum absolute atomic E-state index is 0.0322. The molecule has 1 fully saturated rings. The molecule has 4 rings (SSSR count). The van der Waals surface area contributed by atoms with E-state index in [-0.39, 0.29) is 18.0 Å². The summed E-state index contributed by atoms with van der Waals surface area (Å²) < 4.78 is 20.5. The lowest BCUT2D eigenvalue weighted by molar-refractivity contribution is 0.0769. The molecule has 3 heterocycles. The fourth-order valence-corrected chi connectivity index (χ4v) is 2.98. The molecule has 1 aliphatic rings. The van der Waals surface area contributed by atoms with Crippen LogP contribution in [0.5, 0.6) is 6.01 Å². The molecule has 1 amide bonds. The largest absolute Gasteiger partial charge is 0.458 e. The summed E-state index contributed by atoms with van der Waals surface area (Å²) in [5, 5.41) is 0. The molecule has 1 saturated heterocycles. The molecule has 1 aliphatic heterocycles. The third-order valence-corrected chi connectivity index (χ3v) is 4.32. The molecule has 3 aromatic rings. The number of hydrogen-bond donors (Lipinski definition) is 0. The topological polar surface area (TPSA) is 60.2 Å². The maximum Gasteiger partial charge on any atom is 0.316 e. The number of likely N-dealkylation sites (tertiary alicyclic amines) is 1. The third kappa shape index (κ3) is 3.42. The normalized spacial score (nSPS) is 16.7. The van der Waals surface area contributed by atoms with Crippen LogP contribution in [0.15, 0.2) is 61.2 Å². The first-order valence-corrected chi connectivity index (χ1v) is 8.36. The van der Waals surface area contributed by atoms with Gasteiger partial charge >= 0.3 is 6.01 Å². The van der Waals surface area contributed by atoms with Crippen molar-refractivity contribution in [2.24, 2.45) is 0 Å². The summed E-state index contributed by atoms with van der Waals surface area (Å²) in [4.78, 5) is 22.0. The van der Waals surface area contributed by atoms with Crippen LogP contribution in [0, 0.1) is 5.82 Å². The highest BCUT2D eigenvalue weighted by atomic mass is 19.1. The third-order valence-electron chi connectivity index (χ3n) is 4.32. The smallest absolute Gasteiger partial charge is 0.316 e. The number of amides is 1. The zero-order valence-electron chi connectivity index (χ0n) is 14.0. The maximum atomic E-state index is 12.8. The average molecular weight is 352 g/mol. The monoisotopic (exact) mass is 352 g/mol. The molecule has 0 N–H and O–H groups in total. The van der Waals surface area contributed by atoms with E-state index in [1.54, 1.807) is 4.90 Å². The molecule has 1 aromatic carbocycles. The van der Waals surface area contributed by atoms with Crippen molar-refractivity contribution < 1.29 is 13.9 Å². The molecule has 7 heteroatoms. The van der Waals surface area contributed by atoms with Gasteiger partial charge in [-0.15, -0.1) is 0 Å². The summed E-state index contributed by atoms with van der Waals surface area (Å²) >= 11 is 0. The molecule has 26 heavy (non-hydrogen) atoms. The minimum Gasteiger partial charge on any atom is -0.458 e. The highest BCUT2D eigenvalue weighted by Gasteiger charge is 2.28. The van der Waals surface area contributed by atoms with Crippen LogP contribution in [0.1, 0.15) is 16.8 Å². The first-order chi connectivity index (χ1) is 12.7. The number of ether oxygens (including phenoxy) is 1. The van der Waals surface area contributed by atoms with Gasteiger partial charge in [0, 0.05) is 36.6 Å². The predicted octanol–water partition coefficient (Wildman–Crippen LogP) is 2.70. The van der Waals surface area contributed by atoms with Gasteiger partial charge in [0.05, 0.1) is 18.9 Å². The van der Waals surface area contributed by atoms with Gasteiger partial charge in [-0.1, -0.05) is 0 Å². The Labute approximate surface area is 149 Å². The quantitative estimate of drug-likeness (QED) is 0.724. The molecule has 0 spiro atoms. The Bertz CT molecular complexity index is 879. The van der Waals surface area contributed by atoms with Gasteiger partial charge in [0.25, 0.3) is 5.91 Å². The molecular formula is C19H17FN4O2. The maximum absolute atomic E-state index is 12.8. The Morgan fingerprint density at radius 3 is 2.50 bits per heavy atom. The summed E-state index contributed by atoms with van der Waals surface area (Å²) in [7, 11) is 0. The minimum atomic E-state index is -0.510. The van der Waals surface area contributed by atoms with Crippen LogP contribution in [-0.2, 0) is 0 Å². The summed E-state index contributed by atoms with van der Waals surface area (Å²) in [6.45, 7) is 1.06. The van der Waals surface area contributed by atoms with E-state index in [1.807, 2.05) is 53.4 Å². The van der Waals surface area contributed by atoms with Gasteiger partial charge in [0.2, 0.25) is 0 Å². The fraction of sp³-hybridized carbons (Fsp3) is 0.211. The number of rotatable bonds is 4. The van der Waals surface area contributed by atoms with E-state index >= 15 is 0 Å². The van der Waals surface area contributed by atoms with Gasteiger partial charge in [-0.05, 0) is 36.4 Å². The lowest BCUT2D eigenvalue weighted by atomic mass is 10.2. The summed E-state index contributed by atoms with van der Waals surface area (Å²) in [6.07, 6.45) is 6.53. The Balaban J connectivity index is 1.38. The summed E-state index contributed by atoms with van der Waals surface area (Å²) in [5.74, 6) is -0.542. The second-order valence-corrected chi connectivity index (χ2v) is 6.10. The van der Waals surface area contributed by atoms with Crippen molar-refractivity contribution in [1.29, 1.82) is 0 Å². The van der Waals surface area contributed by atoms with Gasteiger partial charge in [0.15, 0.2) is 5.82 Å². The number of benzene rings is 1. The molecule has 1 unspecified atom stereocenters. The Kier molecular flexibility index (Phi) is 4.35. The van der Waals surface area contributed by atoms with Crippen LogP contribution in [0.4, 0.5) is 4.39 Å². The number of hydrogen-bond acceptors (Lipinski definition) is 4. The van der Waals surface area contributed by atoms with E-state index in [0.717, 1.165) is 18.1 Å². The van der Waals surface area contributed by atoms with Crippen LogP contribution < -0.4 is 4.74 Å². The number of halogens is 1. The molecular weight excluding hydrogens is 335 g/mol. The second kappa shape index (κ2) is 6.95. The van der Waals surface area contributed by atoms with E-state index < -0.39 is 5.82 Å². The van der Waals surface area contributed by atoms with Crippen LogP contribution in [0.2, 0.25) is 0 Å². The van der Waals surface area contributed by atoms with Gasteiger partial charge in [-0.25, -0.2) is 14.4 Å². The molecule has 0 saturated carbocycles. The van der Waals surface area contributed by atoms with Crippen LogP contribution in [0.25, 0.3) is 5.69 Å². The average Bonchev–Trinajstić information content (AvgIpc) is 3.35. The van der Waals surface area contributed by atoms with Crippen LogP contribution in [0.3, 0.4) is 0 Å². The summed E-state index contributed by atoms with van der Waals surface area (Å²) in [5.41, 5.74) is 1.64. The standard InChI is InChI=1S/C19H17FN4O2/c20-15-11-21-19(22-12-15)26-17-7-10-24(13-17)18(25)14-3-5-16(6-4-14)23-8-1-2-9-23/h1-6,8-9,11-12,17H,7,10,13H2. The number of carbonyl (C=O) groups excluding carboxylic acids is 1. The van der Waals surface area contributed by atoms with Gasteiger partial charge < -0.3 is 14.2 Å². The highest BCUT2D eigenvalue weighted by Crippen LogP contribution is 2.18. The molecule has 132 valence electrons. The van der Waals surface area contributed by atoms with Gasteiger partial charge in [-0.2, -0.15) is 0 Å². The zero-order chi connectivity index (χ0) is 17.9. The zero-order valence-corrected chi connectivity index (χ0v) is 14.0. The van der Waals surface area contributed by atoms with Crippen LogP contribution in [-0.4, -0.2) is 44.5 Å². The van der Waals surface area contributed by atoms with Crippen molar-refractivity contribution in [3.8, 4) is 11.7 Å². The van der Waals surface area contributed by atoms with E-state index in [2.05, 4.69) is 9.97 Å². The van der Waals surface area contributed by atoms with E-state index in [4.69, 9.17) is 4.74 Å². The lowest BCUT2D eigenvalue weighted by Gasteiger charge is -2.17. The Morgan fingerprint density at radius 2 is 1.81 bits per heavy atom. The van der Waals surface area contributed by atoms with E-state index in [0.29, 0.717) is 25.1 Å². The molecule has 2 aromatic heterocycles. The molecule has 1 atom stereocenters. The second-order valence-electron chi connectivity index (χ2n) is 6.10. The molecule has 0 bridgehead atoms. The van der Waals surface area contributed by atoms with Crippen molar-refractivity contribution in [3.05, 3.63) is 72.6 Å². The lowest BCUT2D eigenvalue weighted by Crippen LogP contribution is -2.31. The van der Waals surface area contributed by atoms with Gasteiger partial charge in [0.1, 0.15) is 6.10 Å². The first kappa shape index (κ1) is 16.3. The predicted molar refractivity (Wildman–Crippen MR) is 92.7 cm³/mol. The van der Waals surface area contributed by atoms with Crippen molar-refractivity contribution in [2.75, 3.05) is 13.1 Å². The number of aromatic nitrogens is 3. The van der Waals surface area contributed by atoms with Crippen LogP contribution >= 0.6 is 0 Å². The van der Waals surface area contributed by atoms with Crippen molar-refractivity contribution in [3.63, 3.8) is 0 Å². The highest BCUT2D eigenvalue weighted by molar-refractivity contribution is 5.94. The Hall–Kier alpha value is -3.22. The summed E-state index contributed by atoms with van der Waals surface area (Å²) in [6, 6.07) is 11.5. The molecule has 6 nitrogen and oxygen atoms in total. The fourth-order valence-electron chi connectivity index (χ4n) is 2.98. The SMILES string of the molecule is O=C(c1ccc(-n2cccc2)cc1)N1CCC(Oc2ncc(F)cn2)C1. The van der Waals surface area contributed by atoms with Crippen molar-refractivity contribution in [2.45, 2.75) is 12.5 Å². The van der Waals surface area contributed by atoms with Crippen molar-refractivity contribution in [1.82, 2.24) is 19.4 Å². The molecule has 0 radical (unpaired) electrons. The number of nitrogens with zero attached hydrogens (tertiary/aromatic N) is 4. The molecule has 0 aliphatic carbocycles.